The third kappa shape index (κ3) is 3.41. The standard InChI is InChI=1S/C9H21N3O4S2/c1-8(2)11(3)18(15,16)12-6-4-5-9(7-12)17(10,13)14/h8-9H,4-7H2,1-3H3,(H2,10,13,14). The summed E-state index contributed by atoms with van der Waals surface area (Å²) in [5.74, 6) is 0. The zero-order chi connectivity index (χ0) is 14.1. The van der Waals surface area contributed by atoms with E-state index in [9.17, 15) is 16.8 Å². The summed E-state index contributed by atoms with van der Waals surface area (Å²) in [5, 5.41) is 4.28. The smallest absolute Gasteiger partial charge is 0.228 e. The first-order valence-corrected chi connectivity index (χ1v) is 8.82. The van der Waals surface area contributed by atoms with Gasteiger partial charge in [0, 0.05) is 26.2 Å². The molecule has 9 heteroatoms. The van der Waals surface area contributed by atoms with Gasteiger partial charge in [-0.1, -0.05) is 0 Å². The fourth-order valence-corrected chi connectivity index (χ4v) is 4.43. The van der Waals surface area contributed by atoms with Gasteiger partial charge in [0.2, 0.25) is 10.0 Å². The zero-order valence-corrected chi connectivity index (χ0v) is 12.5. The lowest BCUT2D eigenvalue weighted by Gasteiger charge is -2.34. The van der Waals surface area contributed by atoms with E-state index in [4.69, 9.17) is 5.14 Å². The quantitative estimate of drug-likeness (QED) is 0.743. The van der Waals surface area contributed by atoms with Crippen LogP contribution in [0.3, 0.4) is 0 Å². The summed E-state index contributed by atoms with van der Waals surface area (Å²) in [6.07, 6.45) is 0.919. The molecule has 108 valence electrons. The molecule has 0 radical (unpaired) electrons. The van der Waals surface area contributed by atoms with Gasteiger partial charge in [0.15, 0.2) is 0 Å². The van der Waals surface area contributed by atoms with Crippen LogP contribution in [-0.2, 0) is 20.2 Å². The van der Waals surface area contributed by atoms with Gasteiger partial charge in [0.1, 0.15) is 0 Å². The number of piperidine rings is 1. The van der Waals surface area contributed by atoms with Crippen LogP contribution >= 0.6 is 0 Å². The molecule has 0 saturated carbocycles. The van der Waals surface area contributed by atoms with Crippen LogP contribution in [0.4, 0.5) is 0 Å². The Kier molecular flexibility index (Phi) is 4.76. The molecule has 0 aromatic carbocycles. The monoisotopic (exact) mass is 299 g/mol. The highest BCUT2D eigenvalue weighted by molar-refractivity contribution is 7.90. The van der Waals surface area contributed by atoms with E-state index >= 15 is 0 Å². The molecule has 1 fully saturated rings. The summed E-state index contributed by atoms with van der Waals surface area (Å²) in [7, 11) is -5.81. The van der Waals surface area contributed by atoms with Crippen LogP contribution in [0.25, 0.3) is 0 Å². The van der Waals surface area contributed by atoms with Crippen LogP contribution in [0.1, 0.15) is 26.7 Å². The largest absolute Gasteiger partial charge is 0.281 e. The van der Waals surface area contributed by atoms with Crippen molar-refractivity contribution in [2.45, 2.75) is 38.0 Å². The molecule has 0 amide bonds. The molecule has 1 heterocycles. The Morgan fingerprint density at radius 1 is 1.28 bits per heavy atom. The lowest BCUT2D eigenvalue weighted by molar-refractivity contribution is 0.302. The maximum atomic E-state index is 12.2. The predicted octanol–water partition coefficient (Wildman–Crippen LogP) is -0.676. The number of primary sulfonamides is 1. The minimum absolute atomic E-state index is 0.0573. The first-order chi connectivity index (χ1) is 8.06. The molecule has 1 aliphatic rings. The molecule has 1 saturated heterocycles. The molecule has 2 N–H and O–H groups in total. The fourth-order valence-electron chi connectivity index (χ4n) is 1.83. The molecular weight excluding hydrogens is 278 g/mol. The molecular formula is C9H21N3O4S2. The average Bonchev–Trinajstić information content (AvgIpc) is 2.27. The number of nitrogens with two attached hydrogens (primary N) is 1. The van der Waals surface area contributed by atoms with Gasteiger partial charge in [-0.25, -0.2) is 13.6 Å². The van der Waals surface area contributed by atoms with Crippen molar-refractivity contribution in [2.75, 3.05) is 20.1 Å². The minimum atomic E-state index is -3.69. The Hall–Kier alpha value is -0.220. The second-order valence-corrected chi connectivity index (χ2v) is 8.66. The molecule has 0 bridgehead atoms. The Labute approximate surface area is 109 Å². The topological polar surface area (TPSA) is 101 Å². The molecule has 1 rings (SSSR count). The molecule has 0 aliphatic carbocycles. The average molecular weight is 299 g/mol. The Balaban J connectivity index is 2.91. The third-order valence-corrected chi connectivity index (χ3v) is 6.67. The Morgan fingerprint density at radius 3 is 2.28 bits per heavy atom. The van der Waals surface area contributed by atoms with Gasteiger partial charge in [-0.05, 0) is 26.7 Å². The van der Waals surface area contributed by atoms with Crippen LogP contribution in [0.2, 0.25) is 0 Å². The van der Waals surface area contributed by atoms with Crippen LogP contribution in [0, 0.1) is 0 Å². The zero-order valence-electron chi connectivity index (χ0n) is 10.9. The van der Waals surface area contributed by atoms with Crippen LogP contribution < -0.4 is 5.14 Å². The van der Waals surface area contributed by atoms with E-state index in [1.165, 1.54) is 15.7 Å². The van der Waals surface area contributed by atoms with E-state index in [-0.39, 0.29) is 12.6 Å². The van der Waals surface area contributed by atoms with Gasteiger partial charge in [0.25, 0.3) is 10.2 Å². The summed E-state index contributed by atoms with van der Waals surface area (Å²) in [6.45, 7) is 3.81. The van der Waals surface area contributed by atoms with Gasteiger partial charge in [-0.15, -0.1) is 0 Å². The molecule has 7 nitrogen and oxygen atoms in total. The summed E-state index contributed by atoms with van der Waals surface area (Å²) < 4.78 is 49.5. The van der Waals surface area contributed by atoms with Crippen molar-refractivity contribution in [3.05, 3.63) is 0 Å². The van der Waals surface area contributed by atoms with E-state index in [1.54, 1.807) is 13.8 Å². The second-order valence-electron chi connectivity index (χ2n) is 4.83. The highest BCUT2D eigenvalue weighted by Crippen LogP contribution is 2.20. The maximum absolute atomic E-state index is 12.2. The molecule has 0 spiro atoms. The van der Waals surface area contributed by atoms with E-state index in [0.29, 0.717) is 19.4 Å². The fraction of sp³-hybridized carbons (Fsp3) is 1.00. The van der Waals surface area contributed by atoms with Gasteiger partial charge in [-0.3, -0.25) is 0 Å². The lowest BCUT2D eigenvalue weighted by Crippen LogP contribution is -2.52. The molecule has 18 heavy (non-hydrogen) atoms. The summed E-state index contributed by atoms with van der Waals surface area (Å²) >= 11 is 0. The SMILES string of the molecule is CC(C)N(C)S(=O)(=O)N1CCCC(S(N)(=O)=O)C1. The van der Waals surface area contributed by atoms with E-state index in [2.05, 4.69) is 0 Å². The summed E-state index contributed by atoms with van der Waals surface area (Å²) in [4.78, 5) is 0. The third-order valence-electron chi connectivity index (χ3n) is 3.22. The molecule has 1 unspecified atom stereocenters. The molecule has 1 aliphatic heterocycles. The first-order valence-electron chi connectivity index (χ1n) is 5.81. The van der Waals surface area contributed by atoms with E-state index in [0.717, 1.165) is 0 Å². The van der Waals surface area contributed by atoms with Crippen molar-refractivity contribution in [1.29, 1.82) is 0 Å². The summed E-state index contributed by atoms with van der Waals surface area (Å²) in [6, 6.07) is -0.176. The Bertz CT molecular complexity index is 486. The van der Waals surface area contributed by atoms with Crippen LogP contribution in [0.15, 0.2) is 0 Å². The van der Waals surface area contributed by atoms with E-state index < -0.39 is 25.5 Å². The number of nitrogens with zero attached hydrogens (tertiary/aromatic N) is 2. The van der Waals surface area contributed by atoms with Crippen molar-refractivity contribution in [2.24, 2.45) is 5.14 Å². The highest BCUT2D eigenvalue weighted by atomic mass is 32.2. The summed E-state index contributed by atoms with van der Waals surface area (Å²) in [5.41, 5.74) is 0. The normalized spacial score (nSPS) is 23.8. The van der Waals surface area contributed by atoms with Gasteiger partial charge in [-0.2, -0.15) is 17.0 Å². The predicted molar refractivity (Wildman–Crippen MR) is 69.5 cm³/mol. The molecule has 0 aromatic rings. The second kappa shape index (κ2) is 5.41. The van der Waals surface area contributed by atoms with Crippen LogP contribution in [0.5, 0.6) is 0 Å². The van der Waals surface area contributed by atoms with Gasteiger partial charge >= 0.3 is 0 Å². The van der Waals surface area contributed by atoms with Crippen molar-refractivity contribution < 1.29 is 16.8 Å². The van der Waals surface area contributed by atoms with Crippen molar-refractivity contribution >= 4 is 20.2 Å². The van der Waals surface area contributed by atoms with Crippen molar-refractivity contribution in [3.63, 3.8) is 0 Å². The number of sulfonamides is 1. The van der Waals surface area contributed by atoms with Crippen molar-refractivity contribution in [3.8, 4) is 0 Å². The lowest BCUT2D eigenvalue weighted by atomic mass is 10.2. The van der Waals surface area contributed by atoms with Crippen LogP contribution in [-0.4, -0.2) is 56.9 Å². The van der Waals surface area contributed by atoms with E-state index in [1.807, 2.05) is 0 Å². The highest BCUT2D eigenvalue weighted by Gasteiger charge is 2.36. The van der Waals surface area contributed by atoms with Gasteiger partial charge < -0.3 is 0 Å². The Morgan fingerprint density at radius 2 is 1.83 bits per heavy atom. The number of hydrogen-bond acceptors (Lipinski definition) is 4. The molecule has 1 atom stereocenters. The van der Waals surface area contributed by atoms with Crippen molar-refractivity contribution in [1.82, 2.24) is 8.61 Å². The number of hydrogen-bond donors (Lipinski definition) is 1. The maximum Gasteiger partial charge on any atom is 0.281 e. The van der Waals surface area contributed by atoms with Gasteiger partial charge in [0.05, 0.1) is 5.25 Å². The minimum Gasteiger partial charge on any atom is -0.228 e. The molecule has 0 aromatic heterocycles. The first kappa shape index (κ1) is 15.8. The number of rotatable bonds is 4.